The van der Waals surface area contributed by atoms with Gasteiger partial charge in [0.25, 0.3) is 0 Å². The van der Waals surface area contributed by atoms with Crippen LogP contribution in [0.3, 0.4) is 0 Å². The minimum atomic E-state index is -1.68. The maximum atomic E-state index is 6.10. The Morgan fingerprint density at radius 3 is 1.33 bits per heavy atom. The number of unbranched alkanes of at least 4 members (excludes halogenated alkanes) is 9. The van der Waals surface area contributed by atoms with Crippen LogP contribution >= 0.6 is 7.26 Å². The molecule has 1 heterocycles. The van der Waals surface area contributed by atoms with Crippen LogP contribution in [0.25, 0.3) is 0 Å². The molecule has 3 heteroatoms. The van der Waals surface area contributed by atoms with Gasteiger partial charge in [0.1, 0.15) is 23.2 Å². The zero-order chi connectivity index (χ0) is 27.1. The third kappa shape index (κ3) is 8.50. The lowest BCUT2D eigenvalue weighted by molar-refractivity contribution is -0.168. The highest BCUT2D eigenvalue weighted by Gasteiger charge is 2.44. The van der Waals surface area contributed by atoms with E-state index in [2.05, 4.69) is 97.9 Å². The summed E-state index contributed by atoms with van der Waals surface area (Å²) in [4.78, 5) is 0. The summed E-state index contributed by atoms with van der Waals surface area (Å²) in [6, 6.07) is 33.9. The molecule has 3 aromatic carbocycles. The van der Waals surface area contributed by atoms with E-state index in [0.29, 0.717) is 0 Å². The Labute approximate surface area is 238 Å². The second-order valence-corrected chi connectivity index (χ2v) is 14.8. The summed E-state index contributed by atoms with van der Waals surface area (Å²) in [5, 5.41) is 4.51. The van der Waals surface area contributed by atoms with Crippen molar-refractivity contribution in [3.05, 3.63) is 91.0 Å². The van der Waals surface area contributed by atoms with Gasteiger partial charge in [-0.2, -0.15) is 0 Å². The molecule has 0 atom stereocenters. The van der Waals surface area contributed by atoms with Gasteiger partial charge in [0.15, 0.2) is 5.79 Å². The summed E-state index contributed by atoms with van der Waals surface area (Å²) in [6.07, 6.45) is 17.6. The standard InChI is InChI=1S/C36H50O2P/c1-2-3-4-19-28-36(37-30-31-38-36)29-20-8-6-5-7-9-21-32-39(33-22-13-10-14-23-33,34-24-15-11-16-25-34)35-26-17-12-18-27-35/h10-18,22-27H,2-9,19-21,28-32H2,1H3/q+1. The molecule has 1 saturated heterocycles. The van der Waals surface area contributed by atoms with Crippen molar-refractivity contribution in [2.75, 3.05) is 19.4 Å². The van der Waals surface area contributed by atoms with Crippen molar-refractivity contribution in [1.82, 2.24) is 0 Å². The van der Waals surface area contributed by atoms with Crippen LogP contribution in [0, 0.1) is 0 Å². The number of ether oxygens (including phenoxy) is 2. The summed E-state index contributed by atoms with van der Waals surface area (Å²) >= 11 is 0. The van der Waals surface area contributed by atoms with Crippen LogP contribution in [0.4, 0.5) is 0 Å². The Balaban J connectivity index is 1.26. The fourth-order valence-corrected chi connectivity index (χ4v) is 10.7. The van der Waals surface area contributed by atoms with Crippen molar-refractivity contribution >= 4 is 23.2 Å². The highest BCUT2D eigenvalue weighted by molar-refractivity contribution is 7.95. The van der Waals surface area contributed by atoms with Crippen LogP contribution in [0.15, 0.2) is 91.0 Å². The Morgan fingerprint density at radius 1 is 0.513 bits per heavy atom. The van der Waals surface area contributed by atoms with E-state index in [1.807, 2.05) is 0 Å². The Morgan fingerprint density at radius 2 is 0.897 bits per heavy atom. The fraction of sp³-hybridized carbons (Fsp3) is 0.500. The molecule has 0 spiro atoms. The van der Waals surface area contributed by atoms with Crippen molar-refractivity contribution in [3.8, 4) is 0 Å². The Hall–Kier alpha value is -1.99. The van der Waals surface area contributed by atoms with Crippen LogP contribution in [0.2, 0.25) is 0 Å². The molecular formula is C36H50O2P+. The quantitative estimate of drug-likeness (QED) is 0.117. The topological polar surface area (TPSA) is 18.5 Å². The first-order valence-electron chi connectivity index (χ1n) is 15.6. The van der Waals surface area contributed by atoms with Gasteiger partial charge in [0, 0.05) is 12.8 Å². The average Bonchev–Trinajstić information content (AvgIpc) is 3.47. The summed E-state index contributed by atoms with van der Waals surface area (Å²) < 4.78 is 12.2. The number of hydrogen-bond acceptors (Lipinski definition) is 2. The van der Waals surface area contributed by atoms with Gasteiger partial charge in [-0.3, -0.25) is 0 Å². The van der Waals surface area contributed by atoms with Gasteiger partial charge in [0.2, 0.25) is 0 Å². The van der Waals surface area contributed by atoms with Crippen molar-refractivity contribution in [1.29, 1.82) is 0 Å². The molecule has 1 aliphatic heterocycles. The van der Waals surface area contributed by atoms with Gasteiger partial charge in [-0.1, -0.05) is 106 Å². The minimum absolute atomic E-state index is 0.271. The van der Waals surface area contributed by atoms with E-state index in [4.69, 9.17) is 9.47 Å². The summed E-state index contributed by atoms with van der Waals surface area (Å²) in [6.45, 7) is 3.81. The van der Waals surface area contributed by atoms with E-state index in [0.717, 1.165) is 26.1 Å². The molecule has 1 aliphatic rings. The Kier molecular flexibility index (Phi) is 12.5. The maximum absolute atomic E-state index is 6.10. The molecule has 0 aromatic heterocycles. The van der Waals surface area contributed by atoms with Crippen LogP contribution < -0.4 is 15.9 Å². The molecule has 39 heavy (non-hydrogen) atoms. The zero-order valence-electron chi connectivity index (χ0n) is 24.2. The SMILES string of the molecule is CCCCCCC1(CCCCCCCCC[P+](c2ccccc2)(c2ccccc2)c2ccccc2)OCCO1. The molecule has 0 saturated carbocycles. The van der Waals surface area contributed by atoms with Gasteiger partial charge < -0.3 is 9.47 Å². The molecule has 3 aromatic rings. The van der Waals surface area contributed by atoms with Crippen LogP contribution in [-0.4, -0.2) is 25.2 Å². The van der Waals surface area contributed by atoms with Crippen molar-refractivity contribution in [2.45, 2.75) is 96.2 Å². The maximum Gasteiger partial charge on any atom is 0.168 e. The lowest BCUT2D eigenvalue weighted by atomic mass is 9.99. The molecule has 210 valence electrons. The van der Waals surface area contributed by atoms with Gasteiger partial charge in [-0.25, -0.2) is 0 Å². The predicted octanol–water partition coefficient (Wildman–Crippen LogP) is 8.81. The third-order valence-electron chi connectivity index (χ3n) is 8.37. The molecule has 2 nitrogen and oxygen atoms in total. The Bertz CT molecular complexity index is 935. The third-order valence-corrected chi connectivity index (χ3v) is 12.9. The molecule has 0 N–H and O–H groups in total. The van der Waals surface area contributed by atoms with E-state index in [1.165, 1.54) is 92.7 Å². The monoisotopic (exact) mass is 545 g/mol. The average molecular weight is 546 g/mol. The fourth-order valence-electron chi connectivity index (χ4n) is 6.24. The predicted molar refractivity (Wildman–Crippen MR) is 170 cm³/mol. The van der Waals surface area contributed by atoms with Gasteiger partial charge >= 0.3 is 0 Å². The van der Waals surface area contributed by atoms with Gasteiger partial charge in [0.05, 0.1) is 19.4 Å². The normalized spacial score (nSPS) is 15.0. The largest absolute Gasteiger partial charge is 0.348 e. The van der Waals surface area contributed by atoms with E-state index >= 15 is 0 Å². The molecule has 0 bridgehead atoms. The second kappa shape index (κ2) is 16.3. The van der Waals surface area contributed by atoms with Crippen LogP contribution in [0.1, 0.15) is 90.4 Å². The summed E-state index contributed by atoms with van der Waals surface area (Å²) in [7, 11) is -1.68. The highest BCUT2D eigenvalue weighted by Crippen LogP contribution is 2.56. The van der Waals surface area contributed by atoms with Gasteiger partial charge in [-0.05, 0) is 62.1 Å². The van der Waals surface area contributed by atoms with E-state index in [-0.39, 0.29) is 5.79 Å². The van der Waals surface area contributed by atoms with Gasteiger partial charge in [-0.15, -0.1) is 0 Å². The van der Waals surface area contributed by atoms with Crippen molar-refractivity contribution in [2.24, 2.45) is 0 Å². The lowest BCUT2D eigenvalue weighted by Gasteiger charge is -2.28. The highest BCUT2D eigenvalue weighted by atomic mass is 31.2. The number of benzene rings is 3. The molecule has 0 unspecified atom stereocenters. The smallest absolute Gasteiger partial charge is 0.168 e. The minimum Gasteiger partial charge on any atom is -0.348 e. The van der Waals surface area contributed by atoms with E-state index in [1.54, 1.807) is 0 Å². The molecule has 0 radical (unpaired) electrons. The lowest BCUT2D eigenvalue weighted by Crippen LogP contribution is -2.33. The van der Waals surface area contributed by atoms with Crippen LogP contribution in [-0.2, 0) is 9.47 Å². The van der Waals surface area contributed by atoms with Crippen molar-refractivity contribution in [3.63, 3.8) is 0 Å². The molecule has 0 aliphatic carbocycles. The molecule has 0 amide bonds. The second-order valence-electron chi connectivity index (χ2n) is 11.2. The number of hydrogen-bond donors (Lipinski definition) is 0. The van der Waals surface area contributed by atoms with Crippen LogP contribution in [0.5, 0.6) is 0 Å². The molecule has 1 fully saturated rings. The zero-order valence-corrected chi connectivity index (χ0v) is 25.1. The van der Waals surface area contributed by atoms with E-state index in [9.17, 15) is 0 Å². The van der Waals surface area contributed by atoms with E-state index < -0.39 is 7.26 Å². The summed E-state index contributed by atoms with van der Waals surface area (Å²) in [5.41, 5.74) is 0. The first kappa shape index (κ1) is 30.0. The van der Waals surface area contributed by atoms with Crippen molar-refractivity contribution < 1.29 is 9.47 Å². The molecular weight excluding hydrogens is 495 g/mol. The molecule has 4 rings (SSSR count). The number of rotatable bonds is 18. The summed E-state index contributed by atoms with van der Waals surface area (Å²) in [5.74, 6) is -0.271. The first-order valence-corrected chi connectivity index (χ1v) is 17.6. The first-order chi connectivity index (χ1) is 19.3.